The summed E-state index contributed by atoms with van der Waals surface area (Å²) in [5, 5.41) is 9.25. The smallest absolute Gasteiger partial charge is 0.327 e. The van der Waals surface area contributed by atoms with E-state index >= 15 is 0 Å². The standard InChI is InChI=1S/C12H20N2O3S/c1-3-4-10-14(9(7-18-10)11(15)16)12(17)13(2)8-5-6-8/h8-10H,3-7H2,1-2H3,(H,15,16). The van der Waals surface area contributed by atoms with Crippen molar-refractivity contribution in [3.63, 3.8) is 0 Å². The second kappa shape index (κ2) is 5.38. The normalized spacial score (nSPS) is 27.3. The van der Waals surface area contributed by atoms with Crippen LogP contribution < -0.4 is 0 Å². The minimum absolute atomic E-state index is 0.0183. The van der Waals surface area contributed by atoms with E-state index in [1.165, 1.54) is 0 Å². The maximum atomic E-state index is 12.4. The van der Waals surface area contributed by atoms with Gasteiger partial charge in [0.05, 0.1) is 5.37 Å². The third-order valence-corrected chi connectivity index (χ3v) is 4.89. The second-order valence-corrected chi connectivity index (χ2v) is 6.17. The van der Waals surface area contributed by atoms with Gasteiger partial charge in [0.1, 0.15) is 6.04 Å². The number of hydrogen-bond acceptors (Lipinski definition) is 3. The molecule has 2 rings (SSSR count). The lowest BCUT2D eigenvalue weighted by Crippen LogP contribution is -2.51. The maximum absolute atomic E-state index is 12.4. The Balaban J connectivity index is 2.11. The number of thioether (sulfide) groups is 1. The molecule has 1 aliphatic heterocycles. The lowest BCUT2D eigenvalue weighted by atomic mass is 10.2. The summed E-state index contributed by atoms with van der Waals surface area (Å²) in [6, 6.07) is -0.464. The first kappa shape index (κ1) is 13.5. The van der Waals surface area contributed by atoms with Gasteiger partial charge in [-0.05, 0) is 19.3 Å². The van der Waals surface area contributed by atoms with Crippen LogP contribution in [0.5, 0.6) is 0 Å². The number of carboxylic acids is 1. The third kappa shape index (κ3) is 2.58. The zero-order valence-corrected chi connectivity index (χ0v) is 11.7. The summed E-state index contributed by atoms with van der Waals surface area (Å²) in [4.78, 5) is 26.9. The van der Waals surface area contributed by atoms with Crippen LogP contribution in [-0.4, -0.2) is 57.2 Å². The van der Waals surface area contributed by atoms with Gasteiger partial charge in [-0.25, -0.2) is 9.59 Å². The SMILES string of the molecule is CCCC1SCC(C(=O)O)N1C(=O)N(C)C1CC1. The van der Waals surface area contributed by atoms with E-state index in [9.17, 15) is 14.7 Å². The van der Waals surface area contributed by atoms with Crippen molar-refractivity contribution >= 4 is 23.8 Å². The van der Waals surface area contributed by atoms with Gasteiger partial charge in [0, 0.05) is 18.8 Å². The Hall–Kier alpha value is -0.910. The molecule has 0 spiro atoms. The van der Waals surface area contributed by atoms with Crippen molar-refractivity contribution in [2.24, 2.45) is 0 Å². The Morgan fingerprint density at radius 3 is 2.61 bits per heavy atom. The molecule has 18 heavy (non-hydrogen) atoms. The number of amides is 2. The van der Waals surface area contributed by atoms with Crippen molar-refractivity contribution in [1.29, 1.82) is 0 Å². The second-order valence-electron chi connectivity index (χ2n) is 4.96. The first-order valence-corrected chi connectivity index (χ1v) is 7.50. The van der Waals surface area contributed by atoms with Gasteiger partial charge in [-0.3, -0.25) is 4.90 Å². The molecule has 1 saturated carbocycles. The van der Waals surface area contributed by atoms with Crippen LogP contribution in [0.15, 0.2) is 0 Å². The van der Waals surface area contributed by atoms with Gasteiger partial charge in [0.15, 0.2) is 0 Å². The largest absolute Gasteiger partial charge is 0.480 e. The average molecular weight is 272 g/mol. The Morgan fingerprint density at radius 1 is 1.44 bits per heavy atom. The molecule has 2 aliphatic rings. The summed E-state index contributed by atoms with van der Waals surface area (Å²) in [5.41, 5.74) is 0. The zero-order valence-electron chi connectivity index (χ0n) is 10.8. The van der Waals surface area contributed by atoms with Crippen molar-refractivity contribution in [2.75, 3.05) is 12.8 Å². The minimum atomic E-state index is -0.890. The van der Waals surface area contributed by atoms with E-state index < -0.39 is 12.0 Å². The highest BCUT2D eigenvalue weighted by Gasteiger charge is 2.44. The maximum Gasteiger partial charge on any atom is 0.327 e. The number of carboxylic acid groups (broad SMARTS) is 1. The highest BCUT2D eigenvalue weighted by atomic mass is 32.2. The van der Waals surface area contributed by atoms with Crippen LogP contribution in [0.1, 0.15) is 32.6 Å². The van der Waals surface area contributed by atoms with Crippen LogP contribution >= 0.6 is 11.8 Å². The molecule has 1 heterocycles. The van der Waals surface area contributed by atoms with Crippen molar-refractivity contribution in [2.45, 2.75) is 50.1 Å². The summed E-state index contributed by atoms with van der Waals surface area (Å²) in [7, 11) is 1.78. The van der Waals surface area contributed by atoms with Crippen molar-refractivity contribution in [1.82, 2.24) is 9.80 Å². The van der Waals surface area contributed by atoms with Crippen LogP contribution in [-0.2, 0) is 4.79 Å². The molecule has 102 valence electrons. The summed E-state index contributed by atoms with van der Waals surface area (Å²) < 4.78 is 0. The fourth-order valence-corrected chi connectivity index (χ4v) is 3.79. The highest BCUT2D eigenvalue weighted by Crippen LogP contribution is 2.35. The number of hydrogen-bond donors (Lipinski definition) is 1. The molecule has 2 fully saturated rings. The molecule has 1 saturated heterocycles. The Kier molecular flexibility index (Phi) is 4.04. The molecule has 2 unspecified atom stereocenters. The Bertz CT molecular complexity index is 346. The van der Waals surface area contributed by atoms with E-state index in [1.807, 2.05) is 0 Å². The zero-order chi connectivity index (χ0) is 13.3. The summed E-state index contributed by atoms with van der Waals surface area (Å²) in [6.07, 6.45) is 3.90. The molecule has 0 radical (unpaired) electrons. The lowest BCUT2D eigenvalue weighted by molar-refractivity contribution is -0.141. The Labute approximate surface area is 112 Å². The first-order chi connectivity index (χ1) is 8.56. The quantitative estimate of drug-likeness (QED) is 0.848. The molecule has 2 amide bonds. The van der Waals surface area contributed by atoms with E-state index in [0.29, 0.717) is 11.8 Å². The van der Waals surface area contributed by atoms with Gasteiger partial charge in [0.2, 0.25) is 0 Å². The summed E-state index contributed by atoms with van der Waals surface area (Å²) in [6.45, 7) is 2.06. The van der Waals surface area contributed by atoms with Crippen molar-refractivity contribution < 1.29 is 14.7 Å². The molecular formula is C12H20N2O3S. The number of rotatable bonds is 4. The van der Waals surface area contributed by atoms with E-state index in [1.54, 1.807) is 28.6 Å². The van der Waals surface area contributed by atoms with Gasteiger partial charge >= 0.3 is 12.0 Å². The van der Waals surface area contributed by atoms with Crippen molar-refractivity contribution in [3.05, 3.63) is 0 Å². The molecule has 0 bridgehead atoms. The van der Waals surface area contributed by atoms with Gasteiger partial charge < -0.3 is 10.0 Å². The summed E-state index contributed by atoms with van der Waals surface area (Å²) in [5.74, 6) is -0.386. The summed E-state index contributed by atoms with van der Waals surface area (Å²) >= 11 is 1.59. The average Bonchev–Trinajstić information content (AvgIpc) is 3.09. The molecule has 0 aromatic rings. The van der Waals surface area contributed by atoms with Crippen LogP contribution in [0.3, 0.4) is 0 Å². The van der Waals surface area contributed by atoms with Gasteiger partial charge in [-0.2, -0.15) is 0 Å². The van der Waals surface area contributed by atoms with Gasteiger partial charge in [-0.1, -0.05) is 13.3 Å². The van der Waals surface area contributed by atoms with E-state index in [-0.39, 0.29) is 11.4 Å². The van der Waals surface area contributed by atoms with Crippen LogP contribution in [0.2, 0.25) is 0 Å². The molecule has 2 atom stereocenters. The molecule has 1 aliphatic carbocycles. The number of nitrogens with zero attached hydrogens (tertiary/aromatic N) is 2. The minimum Gasteiger partial charge on any atom is -0.480 e. The third-order valence-electron chi connectivity index (χ3n) is 3.53. The number of carbonyl (C=O) groups is 2. The van der Waals surface area contributed by atoms with Crippen molar-refractivity contribution in [3.8, 4) is 0 Å². The first-order valence-electron chi connectivity index (χ1n) is 6.45. The molecule has 5 nitrogen and oxygen atoms in total. The molecule has 0 aromatic heterocycles. The Morgan fingerprint density at radius 2 is 2.11 bits per heavy atom. The molecule has 6 heteroatoms. The predicted molar refractivity (Wildman–Crippen MR) is 70.6 cm³/mol. The monoisotopic (exact) mass is 272 g/mol. The van der Waals surface area contributed by atoms with Gasteiger partial charge in [-0.15, -0.1) is 11.8 Å². The molecule has 0 aromatic carbocycles. The fraction of sp³-hybridized carbons (Fsp3) is 0.833. The van der Waals surface area contributed by atoms with Crippen LogP contribution in [0, 0.1) is 0 Å². The number of urea groups is 1. The molecule has 1 N–H and O–H groups in total. The lowest BCUT2D eigenvalue weighted by Gasteiger charge is -2.31. The van der Waals surface area contributed by atoms with E-state index in [0.717, 1.165) is 25.7 Å². The van der Waals surface area contributed by atoms with E-state index in [2.05, 4.69) is 6.92 Å². The van der Waals surface area contributed by atoms with Crippen LogP contribution in [0.25, 0.3) is 0 Å². The molecular weight excluding hydrogens is 252 g/mol. The fourth-order valence-electron chi connectivity index (χ4n) is 2.28. The number of aliphatic carboxylic acids is 1. The predicted octanol–water partition coefficient (Wildman–Crippen LogP) is 1.83. The number of carbonyl (C=O) groups excluding carboxylic acids is 1. The van der Waals surface area contributed by atoms with Gasteiger partial charge in [0.25, 0.3) is 0 Å². The highest BCUT2D eigenvalue weighted by molar-refractivity contribution is 8.00. The van der Waals surface area contributed by atoms with Crippen LogP contribution in [0.4, 0.5) is 4.79 Å². The van der Waals surface area contributed by atoms with E-state index in [4.69, 9.17) is 0 Å². The topological polar surface area (TPSA) is 60.9 Å².